The lowest BCUT2D eigenvalue weighted by atomic mass is 10.1. The summed E-state index contributed by atoms with van der Waals surface area (Å²) in [6, 6.07) is 0. The quantitative estimate of drug-likeness (QED) is 0.0169. The molecule has 0 aromatic rings. The zero-order valence-corrected chi connectivity index (χ0v) is 32.9. The van der Waals surface area contributed by atoms with Crippen molar-refractivity contribution in [1.29, 1.82) is 0 Å². The fourth-order valence-corrected chi connectivity index (χ4v) is 4.96. The van der Waals surface area contributed by atoms with Crippen LogP contribution in [0.1, 0.15) is 155 Å². The number of aliphatic hydroxyl groups excluding tert-OH is 4. The Bertz CT molecular complexity index is 942. The van der Waals surface area contributed by atoms with Crippen LogP contribution in [0.4, 0.5) is 0 Å². The molecule has 52 heavy (non-hydrogen) atoms. The van der Waals surface area contributed by atoms with E-state index in [0.29, 0.717) is 6.42 Å². The van der Waals surface area contributed by atoms with Crippen LogP contribution in [-0.2, 0) is 19.1 Å². The van der Waals surface area contributed by atoms with E-state index in [1.165, 1.54) is 89.5 Å². The van der Waals surface area contributed by atoms with Gasteiger partial charge in [0, 0.05) is 12.5 Å². The lowest BCUT2D eigenvalue weighted by molar-refractivity contribution is -0.153. The predicted octanol–water partition coefficient (Wildman–Crippen LogP) is 9.72. The Morgan fingerprint density at radius 3 is 1.46 bits per heavy atom. The summed E-state index contributed by atoms with van der Waals surface area (Å²) >= 11 is 0. The van der Waals surface area contributed by atoms with Gasteiger partial charge in [0.15, 0.2) is 0 Å². The van der Waals surface area contributed by atoms with E-state index in [2.05, 4.69) is 56.4 Å². The number of ether oxygens (including phenoxy) is 2. The summed E-state index contributed by atoms with van der Waals surface area (Å²) < 4.78 is 9.71. The Labute approximate surface area is 317 Å². The number of esters is 2. The van der Waals surface area contributed by atoms with Gasteiger partial charge in [-0.3, -0.25) is 4.79 Å². The van der Waals surface area contributed by atoms with Crippen LogP contribution in [0.25, 0.3) is 0 Å². The molecule has 0 amide bonds. The van der Waals surface area contributed by atoms with Gasteiger partial charge in [0.25, 0.3) is 0 Å². The van der Waals surface area contributed by atoms with E-state index in [1.807, 2.05) is 12.2 Å². The van der Waals surface area contributed by atoms with Crippen LogP contribution in [0, 0.1) is 0 Å². The second-order valence-corrected chi connectivity index (χ2v) is 13.0. The fourth-order valence-electron chi connectivity index (χ4n) is 4.96. The van der Waals surface area contributed by atoms with Gasteiger partial charge in [-0.25, -0.2) is 4.79 Å². The molecule has 0 radical (unpaired) electrons. The molecule has 0 saturated carbocycles. The summed E-state index contributed by atoms with van der Waals surface area (Å²) in [6.45, 7) is 2.98. The molecule has 0 saturated heterocycles. The molecule has 0 unspecified atom stereocenters. The Morgan fingerprint density at radius 2 is 0.923 bits per heavy atom. The second-order valence-electron chi connectivity index (χ2n) is 13.0. The maximum atomic E-state index is 11.4. The number of aliphatic hydroxyl groups is 4. The van der Waals surface area contributed by atoms with Gasteiger partial charge in [-0.2, -0.15) is 0 Å². The van der Waals surface area contributed by atoms with Crippen molar-refractivity contribution >= 4 is 11.9 Å². The molecule has 0 aromatic heterocycles. The monoisotopic (exact) mass is 733 g/mol. The van der Waals surface area contributed by atoms with Crippen LogP contribution in [0.5, 0.6) is 0 Å². The van der Waals surface area contributed by atoms with E-state index in [-0.39, 0.29) is 32.4 Å². The number of carbonyl (C=O) groups excluding carboxylic acids is 2. The third kappa shape index (κ3) is 41.6. The first-order chi connectivity index (χ1) is 25.5. The molecular weight excluding hydrogens is 656 g/mol. The fraction of sp³-hybridized carbons (Fsp3) is 0.682. The Morgan fingerprint density at radius 1 is 0.481 bits per heavy atom. The highest BCUT2D eigenvalue weighted by Gasteiger charge is 2.11. The highest BCUT2D eigenvalue weighted by molar-refractivity contribution is 5.82. The van der Waals surface area contributed by atoms with Crippen molar-refractivity contribution < 1.29 is 39.5 Å². The van der Waals surface area contributed by atoms with Crippen molar-refractivity contribution in [2.45, 2.75) is 167 Å². The van der Waals surface area contributed by atoms with Crippen LogP contribution < -0.4 is 0 Å². The van der Waals surface area contributed by atoms with Crippen molar-refractivity contribution in [1.82, 2.24) is 0 Å². The molecule has 0 aromatic carbocycles. The van der Waals surface area contributed by atoms with Crippen LogP contribution in [0.3, 0.4) is 0 Å². The molecule has 0 aliphatic heterocycles. The van der Waals surface area contributed by atoms with Gasteiger partial charge in [-0.05, 0) is 51.4 Å². The van der Waals surface area contributed by atoms with Gasteiger partial charge >= 0.3 is 11.9 Å². The van der Waals surface area contributed by atoms with E-state index in [9.17, 15) is 9.59 Å². The summed E-state index contributed by atoms with van der Waals surface area (Å²) in [5.41, 5.74) is 0. The molecule has 0 rings (SSSR count). The first-order valence-corrected chi connectivity index (χ1v) is 20.3. The minimum Gasteiger partial charge on any atom is -0.457 e. The van der Waals surface area contributed by atoms with Crippen molar-refractivity contribution in [3.8, 4) is 0 Å². The topological polar surface area (TPSA) is 134 Å². The third-order valence-corrected chi connectivity index (χ3v) is 8.10. The molecule has 8 heteroatoms. The number of allylic oxidation sites excluding steroid dienone is 11. The predicted molar refractivity (Wildman–Crippen MR) is 216 cm³/mol. The second kappa shape index (κ2) is 44.4. The first kappa shape index (κ1) is 51.3. The molecule has 0 spiro atoms. The molecule has 4 N–H and O–H groups in total. The van der Waals surface area contributed by atoms with Crippen molar-refractivity contribution in [2.75, 3.05) is 26.4 Å². The SMILES string of the molecule is CC/C=C\C/C=C\C/C=C\CCCCCCCC(=O)OC(CO)CO.CCCCCCCCCCCCC/C=C/C=C/C=C/C(=O)OC(CO)CO. The number of hydrogen-bond donors (Lipinski definition) is 4. The highest BCUT2D eigenvalue weighted by atomic mass is 16.6. The summed E-state index contributed by atoms with van der Waals surface area (Å²) in [4.78, 5) is 22.8. The van der Waals surface area contributed by atoms with Crippen LogP contribution in [0.15, 0.2) is 72.9 Å². The van der Waals surface area contributed by atoms with E-state index in [0.717, 1.165) is 51.4 Å². The lowest BCUT2D eigenvalue weighted by Crippen LogP contribution is -2.25. The molecular formula is C44H76O8. The molecule has 0 fully saturated rings. The molecule has 0 heterocycles. The number of carbonyl (C=O) groups is 2. The Balaban J connectivity index is 0. The molecule has 0 aliphatic rings. The van der Waals surface area contributed by atoms with E-state index in [4.69, 9.17) is 29.9 Å². The van der Waals surface area contributed by atoms with Crippen LogP contribution in [0.2, 0.25) is 0 Å². The largest absolute Gasteiger partial charge is 0.457 e. The van der Waals surface area contributed by atoms with Crippen LogP contribution in [-0.4, -0.2) is 71.0 Å². The average molecular weight is 733 g/mol. The minimum absolute atomic E-state index is 0.332. The maximum Gasteiger partial charge on any atom is 0.331 e. The summed E-state index contributed by atoms with van der Waals surface area (Å²) in [6.07, 6.45) is 48.2. The molecule has 0 aliphatic carbocycles. The van der Waals surface area contributed by atoms with Gasteiger partial charge < -0.3 is 29.9 Å². The van der Waals surface area contributed by atoms with Gasteiger partial charge in [0.2, 0.25) is 0 Å². The third-order valence-electron chi connectivity index (χ3n) is 8.10. The number of rotatable bonds is 34. The summed E-state index contributed by atoms with van der Waals surface area (Å²) in [5, 5.41) is 35.3. The maximum absolute atomic E-state index is 11.4. The average Bonchev–Trinajstić information content (AvgIpc) is 3.15. The van der Waals surface area contributed by atoms with Gasteiger partial charge in [0.1, 0.15) is 12.2 Å². The Hall–Kier alpha value is -2.78. The van der Waals surface area contributed by atoms with E-state index in [1.54, 1.807) is 12.2 Å². The molecule has 300 valence electrons. The first-order valence-electron chi connectivity index (χ1n) is 20.3. The smallest absolute Gasteiger partial charge is 0.331 e. The van der Waals surface area contributed by atoms with Crippen molar-refractivity contribution in [3.63, 3.8) is 0 Å². The van der Waals surface area contributed by atoms with Crippen LogP contribution >= 0.6 is 0 Å². The zero-order valence-electron chi connectivity index (χ0n) is 32.9. The molecule has 0 atom stereocenters. The number of hydrogen-bond acceptors (Lipinski definition) is 8. The highest BCUT2D eigenvalue weighted by Crippen LogP contribution is 2.12. The van der Waals surface area contributed by atoms with Crippen molar-refractivity contribution in [3.05, 3.63) is 72.9 Å². The van der Waals surface area contributed by atoms with E-state index < -0.39 is 18.2 Å². The standard InChI is InChI=1S/C23H40O4.C21H36O4/c1-2-3-4-5-6-7-8-9-10-11-12-13-14-15-16-17-18-19-23(26)27-22(20-24)21-25;1-2-3-4-5-6-7-8-9-10-11-12-13-14-15-16-17-21(24)25-20(18-22)19-23/h14-19,22,24-25H,2-13,20-21H2,1H3;3-4,6-7,9-10,20,22-23H,2,5,8,11-19H2,1H3/b15-14+,17-16+,19-18+;4-3-,7-6-,10-9-. The van der Waals surface area contributed by atoms with E-state index >= 15 is 0 Å². The zero-order chi connectivity index (χ0) is 38.6. The summed E-state index contributed by atoms with van der Waals surface area (Å²) in [7, 11) is 0. The minimum atomic E-state index is -0.850. The normalized spacial score (nSPS) is 12.2. The lowest BCUT2D eigenvalue weighted by Gasteiger charge is -2.12. The van der Waals surface area contributed by atoms with Gasteiger partial charge in [0.05, 0.1) is 26.4 Å². The summed E-state index contributed by atoms with van der Waals surface area (Å²) in [5.74, 6) is -0.910. The molecule has 8 nitrogen and oxygen atoms in total. The van der Waals surface area contributed by atoms with Gasteiger partial charge in [-0.15, -0.1) is 0 Å². The van der Waals surface area contributed by atoms with Gasteiger partial charge in [-0.1, -0.05) is 164 Å². The Kier molecular flexibility index (Phi) is 43.8. The van der Waals surface area contributed by atoms with Crippen molar-refractivity contribution in [2.24, 2.45) is 0 Å². The number of unbranched alkanes of at least 4 members (excludes halogenated alkanes) is 16. The molecule has 0 bridgehead atoms.